The predicted octanol–water partition coefficient (Wildman–Crippen LogP) is 3.60. The highest BCUT2D eigenvalue weighted by molar-refractivity contribution is 6.31. The van der Waals surface area contributed by atoms with Crippen LogP contribution >= 0.6 is 11.6 Å². The molecular weight excluding hydrogens is 244 g/mol. The van der Waals surface area contributed by atoms with E-state index in [0.717, 1.165) is 30.1 Å². The van der Waals surface area contributed by atoms with Crippen LogP contribution in [-0.2, 0) is 0 Å². The number of aryl methyl sites for hydroxylation is 1. The molecule has 1 aliphatic heterocycles. The second kappa shape index (κ2) is 5.10. The number of nitrogens with two attached hydrogens (primary N) is 1. The Kier molecular flexibility index (Phi) is 3.88. The Hall–Kier alpha value is -0.730. The van der Waals surface area contributed by atoms with Crippen LogP contribution < -0.4 is 10.6 Å². The smallest absolute Gasteiger partial charge is 0.0455 e. The van der Waals surface area contributed by atoms with Crippen LogP contribution in [0.2, 0.25) is 5.02 Å². The number of rotatable bonds is 3. The normalized spacial score (nSPS) is 22.5. The first-order valence-corrected chi connectivity index (χ1v) is 7.08. The molecule has 0 aliphatic carbocycles. The lowest BCUT2D eigenvalue weighted by Gasteiger charge is -2.38. The van der Waals surface area contributed by atoms with Crippen molar-refractivity contribution in [3.8, 4) is 0 Å². The van der Waals surface area contributed by atoms with E-state index in [1.807, 2.05) is 6.92 Å². The lowest BCUT2D eigenvalue weighted by atomic mass is 9.85. The van der Waals surface area contributed by atoms with Crippen LogP contribution in [0.3, 0.4) is 0 Å². The van der Waals surface area contributed by atoms with E-state index in [1.54, 1.807) is 0 Å². The molecule has 1 unspecified atom stereocenters. The number of anilines is 1. The van der Waals surface area contributed by atoms with Gasteiger partial charge in [0, 0.05) is 22.8 Å². The molecule has 2 nitrogen and oxygen atoms in total. The molecule has 1 fully saturated rings. The van der Waals surface area contributed by atoms with Crippen molar-refractivity contribution in [1.82, 2.24) is 0 Å². The van der Waals surface area contributed by atoms with E-state index in [2.05, 4.69) is 36.9 Å². The van der Waals surface area contributed by atoms with Gasteiger partial charge in [-0.05, 0) is 63.8 Å². The summed E-state index contributed by atoms with van der Waals surface area (Å²) in [5, 5.41) is 0.852. The fourth-order valence-corrected chi connectivity index (χ4v) is 3.23. The van der Waals surface area contributed by atoms with Gasteiger partial charge in [-0.1, -0.05) is 17.7 Å². The molecule has 1 aliphatic rings. The molecule has 2 N–H and O–H groups in total. The molecule has 0 spiro atoms. The van der Waals surface area contributed by atoms with Crippen LogP contribution in [0.4, 0.5) is 5.69 Å². The Labute approximate surface area is 115 Å². The minimum atomic E-state index is 0.165. The summed E-state index contributed by atoms with van der Waals surface area (Å²) in [5.74, 6) is 0.669. The topological polar surface area (TPSA) is 29.3 Å². The molecule has 0 saturated carbocycles. The Bertz CT molecular complexity index is 429. The van der Waals surface area contributed by atoms with Gasteiger partial charge in [-0.25, -0.2) is 0 Å². The molecule has 1 atom stereocenters. The molecule has 1 aromatic carbocycles. The largest absolute Gasteiger partial charge is 0.366 e. The molecule has 0 radical (unpaired) electrons. The van der Waals surface area contributed by atoms with Gasteiger partial charge in [0.25, 0.3) is 0 Å². The van der Waals surface area contributed by atoms with E-state index in [0.29, 0.717) is 5.92 Å². The Morgan fingerprint density at radius 1 is 1.44 bits per heavy atom. The highest BCUT2D eigenvalue weighted by atomic mass is 35.5. The molecule has 1 heterocycles. The molecule has 100 valence electrons. The van der Waals surface area contributed by atoms with Gasteiger partial charge >= 0.3 is 0 Å². The Morgan fingerprint density at radius 3 is 2.78 bits per heavy atom. The fourth-order valence-electron chi connectivity index (χ4n) is 3.06. The number of benzene rings is 1. The first-order valence-electron chi connectivity index (χ1n) is 6.70. The monoisotopic (exact) mass is 266 g/mol. The molecular formula is C15H23ClN2. The molecule has 3 heteroatoms. The molecule has 1 saturated heterocycles. The van der Waals surface area contributed by atoms with E-state index < -0.39 is 0 Å². The average Bonchev–Trinajstić information content (AvgIpc) is 2.60. The first kappa shape index (κ1) is 13.7. The summed E-state index contributed by atoms with van der Waals surface area (Å²) >= 11 is 6.24. The summed E-state index contributed by atoms with van der Waals surface area (Å²) in [6.45, 7) is 8.54. The number of hydrogen-bond donors (Lipinski definition) is 1. The third-order valence-corrected chi connectivity index (χ3v) is 4.79. The van der Waals surface area contributed by atoms with Gasteiger partial charge in [0.1, 0.15) is 0 Å². The summed E-state index contributed by atoms with van der Waals surface area (Å²) in [6, 6.07) is 6.36. The van der Waals surface area contributed by atoms with Crippen LogP contribution in [0.1, 0.15) is 32.3 Å². The van der Waals surface area contributed by atoms with E-state index in [4.69, 9.17) is 17.3 Å². The lowest BCUT2D eigenvalue weighted by molar-refractivity contribution is 0.349. The summed E-state index contributed by atoms with van der Waals surface area (Å²) in [7, 11) is 0. The van der Waals surface area contributed by atoms with Crippen LogP contribution in [0.5, 0.6) is 0 Å². The van der Waals surface area contributed by atoms with Gasteiger partial charge in [0.05, 0.1) is 0 Å². The summed E-state index contributed by atoms with van der Waals surface area (Å²) in [5.41, 5.74) is 8.25. The molecule has 0 aromatic heterocycles. The highest BCUT2D eigenvalue weighted by Gasteiger charge is 2.40. The zero-order valence-electron chi connectivity index (χ0n) is 11.5. The van der Waals surface area contributed by atoms with Gasteiger partial charge in [0.15, 0.2) is 0 Å². The molecule has 18 heavy (non-hydrogen) atoms. The molecule has 0 amide bonds. The van der Waals surface area contributed by atoms with Crippen LogP contribution in [0, 0.1) is 12.8 Å². The Balaban J connectivity index is 2.26. The second-order valence-corrected chi connectivity index (χ2v) is 6.21. The van der Waals surface area contributed by atoms with Crippen LogP contribution in [-0.4, -0.2) is 18.6 Å². The predicted molar refractivity (Wildman–Crippen MR) is 79.4 cm³/mol. The van der Waals surface area contributed by atoms with Gasteiger partial charge in [-0.3, -0.25) is 0 Å². The fraction of sp³-hybridized carbons (Fsp3) is 0.600. The van der Waals surface area contributed by atoms with E-state index >= 15 is 0 Å². The van der Waals surface area contributed by atoms with Crippen molar-refractivity contribution in [2.45, 2.75) is 39.2 Å². The SMILES string of the molecule is Cc1ccc(N2CCC(CCN)C2(C)C)cc1Cl. The summed E-state index contributed by atoms with van der Waals surface area (Å²) < 4.78 is 0. The zero-order valence-corrected chi connectivity index (χ0v) is 12.3. The lowest BCUT2D eigenvalue weighted by Crippen LogP contribution is -2.43. The standard InChI is InChI=1S/C15H23ClN2/c1-11-4-5-13(10-14(11)16)18-9-7-12(6-8-17)15(18,2)3/h4-5,10,12H,6-9,17H2,1-3H3. The number of halogens is 1. The van der Waals surface area contributed by atoms with Crippen molar-refractivity contribution in [3.63, 3.8) is 0 Å². The number of nitrogens with zero attached hydrogens (tertiary/aromatic N) is 1. The highest BCUT2D eigenvalue weighted by Crippen LogP contribution is 2.40. The summed E-state index contributed by atoms with van der Waals surface area (Å²) in [6.07, 6.45) is 2.32. The summed E-state index contributed by atoms with van der Waals surface area (Å²) in [4.78, 5) is 2.47. The average molecular weight is 267 g/mol. The van der Waals surface area contributed by atoms with Crippen molar-refractivity contribution in [2.75, 3.05) is 18.0 Å². The second-order valence-electron chi connectivity index (χ2n) is 5.80. The van der Waals surface area contributed by atoms with Crippen LogP contribution in [0.15, 0.2) is 18.2 Å². The Morgan fingerprint density at radius 2 is 2.17 bits per heavy atom. The maximum Gasteiger partial charge on any atom is 0.0455 e. The third-order valence-electron chi connectivity index (χ3n) is 4.38. The van der Waals surface area contributed by atoms with Gasteiger partial charge in [-0.15, -0.1) is 0 Å². The molecule has 2 rings (SSSR count). The van der Waals surface area contributed by atoms with Gasteiger partial charge in [-0.2, -0.15) is 0 Å². The van der Waals surface area contributed by atoms with Crippen molar-refractivity contribution < 1.29 is 0 Å². The van der Waals surface area contributed by atoms with E-state index in [9.17, 15) is 0 Å². The van der Waals surface area contributed by atoms with Crippen molar-refractivity contribution in [3.05, 3.63) is 28.8 Å². The maximum absolute atomic E-state index is 6.24. The van der Waals surface area contributed by atoms with E-state index in [-0.39, 0.29) is 5.54 Å². The van der Waals surface area contributed by atoms with Crippen molar-refractivity contribution in [2.24, 2.45) is 11.7 Å². The quantitative estimate of drug-likeness (QED) is 0.906. The van der Waals surface area contributed by atoms with Gasteiger partial charge < -0.3 is 10.6 Å². The minimum Gasteiger partial charge on any atom is -0.366 e. The van der Waals surface area contributed by atoms with Crippen LogP contribution in [0.25, 0.3) is 0 Å². The zero-order chi connectivity index (χ0) is 13.3. The third kappa shape index (κ3) is 2.36. The van der Waals surface area contributed by atoms with Crippen molar-refractivity contribution in [1.29, 1.82) is 0 Å². The molecule has 1 aromatic rings. The van der Waals surface area contributed by atoms with Crippen molar-refractivity contribution >= 4 is 17.3 Å². The first-order chi connectivity index (χ1) is 8.46. The van der Waals surface area contributed by atoms with Gasteiger partial charge in [0.2, 0.25) is 0 Å². The minimum absolute atomic E-state index is 0.165. The maximum atomic E-state index is 6.24. The molecule has 0 bridgehead atoms. The number of hydrogen-bond acceptors (Lipinski definition) is 2. The van der Waals surface area contributed by atoms with E-state index in [1.165, 1.54) is 12.1 Å².